The lowest BCUT2D eigenvalue weighted by molar-refractivity contribution is 1.07. The van der Waals surface area contributed by atoms with Gasteiger partial charge in [0.2, 0.25) is 0 Å². The molecule has 0 saturated carbocycles. The lowest BCUT2D eigenvalue weighted by Crippen LogP contribution is -2.03. The van der Waals surface area contributed by atoms with Crippen molar-refractivity contribution in [3.8, 4) is 85.9 Å². The first-order chi connectivity index (χ1) is 29.1. The van der Waals surface area contributed by atoms with Gasteiger partial charge in [-0.05, 0) is 60.7 Å². The Bertz CT molecular complexity index is 3090. The second-order valence-corrected chi connectivity index (χ2v) is 14.0. The van der Waals surface area contributed by atoms with Crippen molar-refractivity contribution in [3.05, 3.63) is 193 Å². The Morgan fingerprint density at radius 3 is 1.25 bits per heavy atom. The zero-order valence-corrected chi connectivity index (χ0v) is 31.4. The van der Waals surface area contributed by atoms with Crippen LogP contribution in [0.2, 0.25) is 0 Å². The third kappa shape index (κ3) is 6.53. The van der Waals surface area contributed by atoms with Crippen molar-refractivity contribution < 1.29 is 0 Å². The van der Waals surface area contributed by atoms with E-state index in [1.54, 1.807) is 0 Å². The predicted octanol–water partition coefficient (Wildman–Crippen LogP) is 11.5. The standard InChI is InChI=1S/C51H30N8/c52-31-33-21-24-45-40(27-33)41-28-34(32-53)22-25-46(41)59(45)47-26-23-39(51-57-49(37-17-9-3-10-18-37)56-50(58-51)38-19-11-4-12-20-38)29-42(47)44-30-43(35-13-5-1-6-14-35)54-48(55-44)36-15-7-2-8-16-36/h1-30H. The van der Waals surface area contributed by atoms with E-state index in [4.69, 9.17) is 24.9 Å². The summed E-state index contributed by atoms with van der Waals surface area (Å²) in [6.45, 7) is 0. The molecule has 0 fully saturated rings. The Kier molecular flexibility index (Phi) is 8.76. The monoisotopic (exact) mass is 754 g/mol. The average molecular weight is 755 g/mol. The number of fused-ring (bicyclic) bond motifs is 3. The van der Waals surface area contributed by atoms with Gasteiger partial charge in [-0.15, -0.1) is 0 Å². The van der Waals surface area contributed by atoms with E-state index >= 15 is 0 Å². The van der Waals surface area contributed by atoms with Crippen molar-refractivity contribution in [2.24, 2.45) is 0 Å². The number of benzene rings is 7. The van der Waals surface area contributed by atoms with E-state index in [2.05, 4.69) is 28.8 Å². The molecule has 3 heterocycles. The Balaban J connectivity index is 1.28. The molecule has 59 heavy (non-hydrogen) atoms. The van der Waals surface area contributed by atoms with Crippen molar-refractivity contribution in [1.82, 2.24) is 29.5 Å². The third-order valence-corrected chi connectivity index (χ3v) is 10.3. The van der Waals surface area contributed by atoms with Crippen LogP contribution >= 0.6 is 0 Å². The van der Waals surface area contributed by atoms with Crippen molar-refractivity contribution >= 4 is 21.8 Å². The van der Waals surface area contributed by atoms with E-state index in [0.717, 1.165) is 66.6 Å². The van der Waals surface area contributed by atoms with Gasteiger partial charge in [-0.25, -0.2) is 24.9 Å². The zero-order valence-electron chi connectivity index (χ0n) is 31.4. The number of nitrogens with zero attached hydrogens (tertiary/aromatic N) is 8. The molecule has 0 saturated heterocycles. The molecule has 7 aromatic carbocycles. The molecule has 0 aliphatic carbocycles. The van der Waals surface area contributed by atoms with E-state index in [9.17, 15) is 10.5 Å². The molecular formula is C51H30N8. The van der Waals surface area contributed by atoms with Gasteiger partial charge >= 0.3 is 0 Å². The van der Waals surface area contributed by atoms with Gasteiger partial charge < -0.3 is 4.57 Å². The van der Waals surface area contributed by atoms with Crippen LogP contribution in [0.5, 0.6) is 0 Å². The lowest BCUT2D eigenvalue weighted by Gasteiger charge is -2.17. The maximum atomic E-state index is 9.91. The van der Waals surface area contributed by atoms with Crippen LogP contribution in [-0.4, -0.2) is 29.5 Å². The molecule has 0 bridgehead atoms. The maximum Gasteiger partial charge on any atom is 0.164 e. The van der Waals surface area contributed by atoms with Crippen LogP contribution in [0.15, 0.2) is 182 Å². The van der Waals surface area contributed by atoms with Gasteiger partial charge in [0.05, 0.1) is 51.4 Å². The van der Waals surface area contributed by atoms with Crippen LogP contribution in [0, 0.1) is 22.7 Å². The zero-order chi connectivity index (χ0) is 39.7. The third-order valence-electron chi connectivity index (χ3n) is 10.3. The molecule has 0 spiro atoms. The molecule has 0 aliphatic rings. The molecule has 10 rings (SSSR count). The summed E-state index contributed by atoms with van der Waals surface area (Å²) in [5, 5.41) is 21.5. The summed E-state index contributed by atoms with van der Waals surface area (Å²) in [6, 6.07) is 64.0. The van der Waals surface area contributed by atoms with Crippen molar-refractivity contribution in [3.63, 3.8) is 0 Å². The minimum Gasteiger partial charge on any atom is -0.309 e. The van der Waals surface area contributed by atoms with Crippen molar-refractivity contribution in [2.45, 2.75) is 0 Å². The SMILES string of the molecule is N#Cc1ccc2c(c1)c1cc(C#N)ccc1n2-c1ccc(-c2nc(-c3ccccc3)nc(-c3ccccc3)n2)cc1-c1cc(-c2ccccc2)nc(-c2ccccc2)n1. The smallest absolute Gasteiger partial charge is 0.164 e. The normalized spacial score (nSPS) is 11.0. The number of hydrogen-bond acceptors (Lipinski definition) is 7. The minimum atomic E-state index is 0.505. The average Bonchev–Trinajstić information content (AvgIpc) is 3.64. The summed E-state index contributed by atoms with van der Waals surface area (Å²) in [7, 11) is 0. The van der Waals surface area contributed by atoms with Crippen molar-refractivity contribution in [1.29, 1.82) is 10.5 Å². The van der Waals surface area contributed by atoms with E-state index in [1.165, 1.54) is 0 Å². The van der Waals surface area contributed by atoms with Gasteiger partial charge in [0.15, 0.2) is 23.3 Å². The predicted molar refractivity (Wildman–Crippen MR) is 232 cm³/mol. The molecule has 0 aliphatic heterocycles. The first-order valence-corrected chi connectivity index (χ1v) is 19.0. The number of nitriles is 2. The molecule has 0 unspecified atom stereocenters. The van der Waals surface area contributed by atoms with Crippen LogP contribution in [-0.2, 0) is 0 Å². The topological polar surface area (TPSA) is 117 Å². The van der Waals surface area contributed by atoms with Gasteiger partial charge in [-0.3, -0.25) is 0 Å². The molecule has 8 heteroatoms. The summed E-state index contributed by atoms with van der Waals surface area (Å²) in [4.78, 5) is 25.5. The molecule has 274 valence electrons. The molecule has 3 aromatic heterocycles. The number of rotatable bonds is 7. The molecule has 0 atom stereocenters. The second kappa shape index (κ2) is 14.8. The summed E-state index contributed by atoms with van der Waals surface area (Å²) in [5.41, 5.74) is 10.3. The quantitative estimate of drug-likeness (QED) is 0.159. The second-order valence-electron chi connectivity index (χ2n) is 14.0. The fraction of sp³-hybridized carbons (Fsp3) is 0. The van der Waals surface area contributed by atoms with Crippen LogP contribution in [0.4, 0.5) is 0 Å². The van der Waals surface area contributed by atoms with Gasteiger partial charge in [0, 0.05) is 44.2 Å². The first kappa shape index (κ1) is 34.9. The van der Waals surface area contributed by atoms with Gasteiger partial charge in [0.1, 0.15) is 0 Å². The lowest BCUT2D eigenvalue weighted by atomic mass is 10.0. The van der Waals surface area contributed by atoms with Crippen LogP contribution in [0.3, 0.4) is 0 Å². The van der Waals surface area contributed by atoms with E-state index < -0.39 is 0 Å². The van der Waals surface area contributed by atoms with Crippen LogP contribution in [0.25, 0.3) is 95.6 Å². The molecular weight excluding hydrogens is 725 g/mol. The van der Waals surface area contributed by atoms with Crippen LogP contribution in [0.1, 0.15) is 11.1 Å². The Morgan fingerprint density at radius 1 is 0.356 bits per heavy atom. The van der Waals surface area contributed by atoms with Gasteiger partial charge in [0.25, 0.3) is 0 Å². The highest BCUT2D eigenvalue weighted by molar-refractivity contribution is 6.10. The minimum absolute atomic E-state index is 0.505. The highest BCUT2D eigenvalue weighted by Gasteiger charge is 2.21. The Morgan fingerprint density at radius 2 is 0.780 bits per heavy atom. The molecule has 0 N–H and O–H groups in total. The first-order valence-electron chi connectivity index (χ1n) is 19.0. The van der Waals surface area contributed by atoms with E-state index in [1.807, 2.05) is 170 Å². The summed E-state index contributed by atoms with van der Waals surface area (Å²) >= 11 is 0. The van der Waals surface area contributed by atoms with Crippen LogP contribution < -0.4 is 0 Å². The molecule has 0 radical (unpaired) electrons. The summed E-state index contributed by atoms with van der Waals surface area (Å²) in [6.07, 6.45) is 0. The Hall–Kier alpha value is -8.59. The van der Waals surface area contributed by atoms with Crippen molar-refractivity contribution in [2.75, 3.05) is 0 Å². The maximum absolute atomic E-state index is 9.91. The fourth-order valence-electron chi connectivity index (χ4n) is 7.49. The highest BCUT2D eigenvalue weighted by Crippen LogP contribution is 2.40. The fourth-order valence-corrected chi connectivity index (χ4v) is 7.49. The largest absolute Gasteiger partial charge is 0.309 e. The highest BCUT2D eigenvalue weighted by atomic mass is 15.0. The molecule has 8 nitrogen and oxygen atoms in total. The summed E-state index contributed by atoms with van der Waals surface area (Å²) in [5.74, 6) is 2.20. The molecule has 10 aromatic rings. The number of hydrogen-bond donors (Lipinski definition) is 0. The number of aromatic nitrogens is 6. The summed E-state index contributed by atoms with van der Waals surface area (Å²) < 4.78 is 2.18. The van der Waals surface area contributed by atoms with Gasteiger partial charge in [-0.2, -0.15) is 10.5 Å². The molecule has 0 amide bonds. The van der Waals surface area contributed by atoms with E-state index in [0.29, 0.717) is 40.1 Å². The van der Waals surface area contributed by atoms with Gasteiger partial charge in [-0.1, -0.05) is 121 Å². The Labute approximate surface area is 339 Å². The van der Waals surface area contributed by atoms with E-state index in [-0.39, 0.29) is 0 Å².